The molecule has 9 heteroatoms. The van der Waals surface area contributed by atoms with E-state index < -0.39 is 7.14 Å². The van der Waals surface area contributed by atoms with Crippen molar-refractivity contribution in [2.24, 2.45) is 0 Å². The van der Waals surface area contributed by atoms with Crippen LogP contribution in [0.4, 0.5) is 23.3 Å². The van der Waals surface area contributed by atoms with Gasteiger partial charge in [-0.2, -0.15) is 10.2 Å². The lowest BCUT2D eigenvalue weighted by Gasteiger charge is -2.40. The molecule has 0 radical (unpaired) electrons. The minimum absolute atomic E-state index is 0.305. The van der Waals surface area contributed by atoms with Gasteiger partial charge in [0.2, 0.25) is 5.95 Å². The molecule has 2 aliphatic rings. The summed E-state index contributed by atoms with van der Waals surface area (Å²) in [5, 5.41) is 16.1. The van der Waals surface area contributed by atoms with Gasteiger partial charge in [-0.25, -0.2) is 9.97 Å². The van der Waals surface area contributed by atoms with E-state index in [0.29, 0.717) is 40.5 Å². The minimum atomic E-state index is -2.52. The number of rotatable bonds is 6. The largest absolute Gasteiger partial charge is 0.324 e. The van der Waals surface area contributed by atoms with E-state index >= 15 is 0 Å². The summed E-state index contributed by atoms with van der Waals surface area (Å²) in [6, 6.07) is 12.4. The molecule has 1 atom stereocenters. The Morgan fingerprint density at radius 3 is 2.72 bits per heavy atom. The molecular weight excluding hydrogens is 469 g/mol. The van der Waals surface area contributed by atoms with Crippen molar-refractivity contribution in [2.75, 3.05) is 30.5 Å². The quantitative estimate of drug-likeness (QED) is 0.448. The number of hydrogen-bond donors (Lipinski definition) is 2. The number of nitrogens with one attached hydrogen (secondary N) is 2. The monoisotopic (exact) mass is 501 g/mol. The van der Waals surface area contributed by atoms with Crippen LogP contribution in [0.2, 0.25) is 0 Å². The molecule has 0 spiro atoms. The summed E-state index contributed by atoms with van der Waals surface area (Å²) in [5.74, 6) is 1.85. The molecule has 3 aromatic rings. The topological polar surface area (TPSA) is 107 Å². The molecule has 186 valence electrons. The van der Waals surface area contributed by atoms with E-state index in [2.05, 4.69) is 62.5 Å². The van der Waals surface area contributed by atoms with Gasteiger partial charge in [0.15, 0.2) is 5.82 Å². The zero-order chi connectivity index (χ0) is 25.4. The Morgan fingerprint density at radius 2 is 1.97 bits per heavy atom. The fraction of sp³-hybridized carbons (Fsp3) is 0.407. The lowest BCUT2D eigenvalue weighted by Crippen LogP contribution is -2.39. The molecule has 1 aliphatic heterocycles. The van der Waals surface area contributed by atoms with Crippen LogP contribution in [-0.2, 0) is 17.5 Å². The third kappa shape index (κ3) is 5.00. The summed E-state index contributed by atoms with van der Waals surface area (Å²) >= 11 is 0. The maximum absolute atomic E-state index is 12.5. The Balaban J connectivity index is 1.44. The zero-order valence-electron chi connectivity index (χ0n) is 21.2. The maximum Gasteiger partial charge on any atom is 0.229 e. The van der Waals surface area contributed by atoms with Crippen molar-refractivity contribution in [3.63, 3.8) is 0 Å². The predicted octanol–water partition coefficient (Wildman–Crippen LogP) is 5.12. The SMILES string of the molecule is CC(C)N1Cc2cc(Nc3ncc(C#N)c(Nc4cccc(P(C)(C)=O)n4)n3)cc3c2[C@H](CCC3)C1. The standard InChI is InChI=1S/C27H32N7OP/c1-17(2)34-15-19-8-5-7-18-11-22(12-20(16-34)25(18)19)30-27-29-14-21(13-28)26(33-27)32-23-9-6-10-24(31-23)36(3,4)35/h6,9-12,14,17,19H,5,7-8,15-16H2,1-4H3,(H2,29,30,31,32,33)/t19-/m1/s1. The molecule has 0 saturated carbocycles. The van der Waals surface area contributed by atoms with Gasteiger partial charge in [-0.15, -0.1) is 0 Å². The van der Waals surface area contributed by atoms with Gasteiger partial charge in [-0.3, -0.25) is 4.90 Å². The average Bonchev–Trinajstić information content (AvgIpc) is 2.84. The van der Waals surface area contributed by atoms with Crippen LogP contribution in [0.25, 0.3) is 0 Å². The Hall–Kier alpha value is -3.27. The molecule has 3 heterocycles. The van der Waals surface area contributed by atoms with Crippen LogP contribution in [0.3, 0.4) is 0 Å². The number of nitrogens with zero attached hydrogens (tertiary/aromatic N) is 5. The normalized spacial score (nSPS) is 17.4. The van der Waals surface area contributed by atoms with Crippen LogP contribution in [0.15, 0.2) is 36.5 Å². The first-order chi connectivity index (χ1) is 17.2. The van der Waals surface area contributed by atoms with Gasteiger partial charge < -0.3 is 15.2 Å². The van der Waals surface area contributed by atoms with Crippen molar-refractivity contribution in [1.29, 1.82) is 5.26 Å². The molecule has 0 bridgehead atoms. The highest BCUT2D eigenvalue weighted by molar-refractivity contribution is 7.69. The van der Waals surface area contributed by atoms with Gasteiger partial charge in [0.25, 0.3) is 0 Å². The Bertz CT molecular complexity index is 1390. The van der Waals surface area contributed by atoms with E-state index in [4.69, 9.17) is 0 Å². The molecule has 5 rings (SSSR count). The summed E-state index contributed by atoms with van der Waals surface area (Å²) in [4.78, 5) is 16.0. The first kappa shape index (κ1) is 24.4. The van der Waals surface area contributed by atoms with Crippen molar-refractivity contribution >= 4 is 35.8 Å². The number of aromatic nitrogens is 3. The van der Waals surface area contributed by atoms with E-state index in [1.54, 1.807) is 37.1 Å². The van der Waals surface area contributed by atoms with Crippen LogP contribution in [0, 0.1) is 11.3 Å². The molecular formula is C27H32N7OP. The van der Waals surface area contributed by atoms with Crippen LogP contribution in [0.5, 0.6) is 0 Å². The Labute approximate surface area is 212 Å². The van der Waals surface area contributed by atoms with Crippen molar-refractivity contribution in [3.05, 3.63) is 58.8 Å². The van der Waals surface area contributed by atoms with Gasteiger partial charge in [-0.1, -0.05) is 6.07 Å². The zero-order valence-corrected chi connectivity index (χ0v) is 22.1. The van der Waals surface area contributed by atoms with E-state index in [0.717, 1.165) is 25.2 Å². The van der Waals surface area contributed by atoms with Gasteiger partial charge in [0.1, 0.15) is 30.0 Å². The summed E-state index contributed by atoms with van der Waals surface area (Å²) in [6.07, 6.45) is 5.07. The number of hydrogen-bond acceptors (Lipinski definition) is 8. The van der Waals surface area contributed by atoms with E-state index in [1.165, 1.54) is 30.2 Å². The second-order valence-corrected chi connectivity index (χ2v) is 13.5. The number of nitriles is 1. The Morgan fingerprint density at radius 1 is 1.17 bits per heavy atom. The van der Waals surface area contributed by atoms with Gasteiger partial charge >= 0.3 is 0 Å². The molecule has 0 amide bonds. The maximum atomic E-state index is 12.5. The fourth-order valence-electron chi connectivity index (χ4n) is 5.20. The number of aryl methyl sites for hydroxylation is 1. The average molecular weight is 502 g/mol. The molecule has 0 fully saturated rings. The van der Waals surface area contributed by atoms with E-state index in [9.17, 15) is 9.83 Å². The second-order valence-electron chi connectivity index (χ2n) is 10.4. The van der Waals surface area contributed by atoms with Crippen molar-refractivity contribution in [1.82, 2.24) is 19.9 Å². The first-order valence-electron chi connectivity index (χ1n) is 12.4. The molecule has 1 aliphatic carbocycles. The highest BCUT2D eigenvalue weighted by Gasteiger charge is 2.31. The van der Waals surface area contributed by atoms with Crippen LogP contribution >= 0.6 is 7.14 Å². The van der Waals surface area contributed by atoms with Crippen LogP contribution in [-0.4, -0.2) is 45.8 Å². The van der Waals surface area contributed by atoms with Crippen LogP contribution < -0.4 is 16.1 Å². The molecule has 0 saturated heterocycles. The highest BCUT2D eigenvalue weighted by atomic mass is 31.2. The Kier molecular flexibility index (Phi) is 6.55. The van der Waals surface area contributed by atoms with Crippen molar-refractivity contribution in [2.45, 2.75) is 51.6 Å². The van der Waals surface area contributed by atoms with Gasteiger partial charge in [-0.05, 0) is 93.3 Å². The fourth-order valence-corrected chi connectivity index (χ4v) is 5.99. The summed E-state index contributed by atoms with van der Waals surface area (Å²) in [7, 11) is -2.52. The molecule has 2 N–H and O–H groups in total. The first-order valence-corrected chi connectivity index (χ1v) is 15.0. The number of pyridine rings is 1. The van der Waals surface area contributed by atoms with Gasteiger partial charge in [0.05, 0.1) is 6.20 Å². The predicted molar refractivity (Wildman–Crippen MR) is 144 cm³/mol. The van der Waals surface area contributed by atoms with E-state index in [1.807, 2.05) is 0 Å². The van der Waals surface area contributed by atoms with Crippen molar-refractivity contribution < 1.29 is 4.57 Å². The van der Waals surface area contributed by atoms with Crippen LogP contribution in [0.1, 0.15) is 54.9 Å². The lowest BCUT2D eigenvalue weighted by molar-refractivity contribution is 0.176. The third-order valence-corrected chi connectivity index (χ3v) is 8.37. The summed E-state index contributed by atoms with van der Waals surface area (Å²) in [5.41, 5.74) is 6.14. The molecule has 36 heavy (non-hydrogen) atoms. The smallest absolute Gasteiger partial charge is 0.229 e. The van der Waals surface area contributed by atoms with Gasteiger partial charge in [0, 0.05) is 24.8 Å². The lowest BCUT2D eigenvalue weighted by atomic mass is 9.77. The molecule has 8 nitrogen and oxygen atoms in total. The number of anilines is 4. The van der Waals surface area contributed by atoms with E-state index in [-0.39, 0.29) is 0 Å². The minimum Gasteiger partial charge on any atom is -0.324 e. The molecule has 1 aromatic carbocycles. The summed E-state index contributed by atoms with van der Waals surface area (Å²) in [6.45, 7) is 9.98. The molecule has 2 aromatic heterocycles. The second kappa shape index (κ2) is 9.65. The highest BCUT2D eigenvalue weighted by Crippen LogP contribution is 2.41. The third-order valence-electron chi connectivity index (χ3n) is 7.01. The van der Waals surface area contributed by atoms with Crippen molar-refractivity contribution in [3.8, 4) is 6.07 Å². The number of benzene rings is 1. The molecule has 0 unspecified atom stereocenters. The summed E-state index contributed by atoms with van der Waals surface area (Å²) < 4.78 is 12.5.